The normalized spacial score (nSPS) is 12.7. The van der Waals surface area contributed by atoms with Gasteiger partial charge in [0, 0.05) is 23.5 Å². The molecule has 0 N–H and O–H groups in total. The molecule has 0 saturated carbocycles. The maximum atomic E-state index is 4.32. The van der Waals surface area contributed by atoms with Gasteiger partial charge in [-0.2, -0.15) is 0 Å². The summed E-state index contributed by atoms with van der Waals surface area (Å²) in [5.74, 6) is 0. The SMILES string of the molecule is Cc1ccnc2c1CCC2.Cc1ccnc2ccccc12. The van der Waals surface area contributed by atoms with E-state index < -0.39 is 0 Å². The Morgan fingerprint density at radius 2 is 1.57 bits per heavy atom. The van der Waals surface area contributed by atoms with Crippen LogP contribution in [0.1, 0.15) is 28.8 Å². The minimum Gasteiger partial charge on any atom is -0.261 e. The molecule has 0 amide bonds. The van der Waals surface area contributed by atoms with Gasteiger partial charge in [0.15, 0.2) is 0 Å². The van der Waals surface area contributed by atoms with Gasteiger partial charge >= 0.3 is 0 Å². The number of aromatic nitrogens is 2. The van der Waals surface area contributed by atoms with Crippen LogP contribution in [0.4, 0.5) is 0 Å². The number of hydrogen-bond acceptors (Lipinski definition) is 2. The van der Waals surface area contributed by atoms with Gasteiger partial charge in [0.1, 0.15) is 0 Å². The Morgan fingerprint density at radius 1 is 0.810 bits per heavy atom. The van der Waals surface area contributed by atoms with Gasteiger partial charge in [0.05, 0.1) is 5.52 Å². The highest BCUT2D eigenvalue weighted by Crippen LogP contribution is 2.21. The molecule has 0 unspecified atom stereocenters. The van der Waals surface area contributed by atoms with E-state index in [0.29, 0.717) is 0 Å². The molecule has 0 aliphatic heterocycles. The monoisotopic (exact) mass is 276 g/mol. The van der Waals surface area contributed by atoms with E-state index in [-0.39, 0.29) is 0 Å². The van der Waals surface area contributed by atoms with Crippen molar-refractivity contribution < 1.29 is 0 Å². The van der Waals surface area contributed by atoms with Crippen LogP contribution in [0.25, 0.3) is 10.9 Å². The molecule has 2 nitrogen and oxygen atoms in total. The molecule has 0 atom stereocenters. The molecule has 3 aromatic rings. The van der Waals surface area contributed by atoms with Crippen molar-refractivity contribution in [1.29, 1.82) is 0 Å². The smallest absolute Gasteiger partial charge is 0.0704 e. The molecule has 0 fully saturated rings. The minimum atomic E-state index is 1.08. The molecular weight excluding hydrogens is 256 g/mol. The average Bonchev–Trinajstić information content (AvgIpc) is 2.99. The highest BCUT2D eigenvalue weighted by molar-refractivity contribution is 5.81. The minimum absolute atomic E-state index is 1.08. The Bertz CT molecular complexity index is 757. The van der Waals surface area contributed by atoms with E-state index >= 15 is 0 Å². The first-order chi connectivity index (χ1) is 10.3. The van der Waals surface area contributed by atoms with Crippen molar-refractivity contribution in [1.82, 2.24) is 9.97 Å². The van der Waals surface area contributed by atoms with Gasteiger partial charge in [-0.3, -0.25) is 9.97 Å². The number of rotatable bonds is 0. The predicted molar refractivity (Wildman–Crippen MR) is 87.5 cm³/mol. The van der Waals surface area contributed by atoms with Crippen LogP contribution in [-0.2, 0) is 12.8 Å². The van der Waals surface area contributed by atoms with Gasteiger partial charge in [-0.1, -0.05) is 18.2 Å². The second-order valence-electron chi connectivity index (χ2n) is 5.55. The third-order valence-corrected chi connectivity index (χ3v) is 4.09. The molecular formula is C19H20N2. The molecule has 21 heavy (non-hydrogen) atoms. The lowest BCUT2D eigenvalue weighted by Crippen LogP contribution is -1.89. The molecule has 4 rings (SSSR count). The van der Waals surface area contributed by atoms with Gasteiger partial charge in [-0.15, -0.1) is 0 Å². The third-order valence-electron chi connectivity index (χ3n) is 4.09. The topological polar surface area (TPSA) is 25.8 Å². The molecule has 2 heteroatoms. The fourth-order valence-corrected chi connectivity index (χ4v) is 2.87. The average molecular weight is 276 g/mol. The lowest BCUT2D eigenvalue weighted by Gasteiger charge is -1.99. The highest BCUT2D eigenvalue weighted by Gasteiger charge is 2.12. The van der Waals surface area contributed by atoms with Crippen molar-refractivity contribution >= 4 is 10.9 Å². The summed E-state index contributed by atoms with van der Waals surface area (Å²) < 4.78 is 0. The number of hydrogen-bond donors (Lipinski definition) is 0. The molecule has 0 spiro atoms. The van der Waals surface area contributed by atoms with E-state index in [1.54, 1.807) is 0 Å². The van der Waals surface area contributed by atoms with Crippen LogP contribution in [0, 0.1) is 13.8 Å². The van der Waals surface area contributed by atoms with Gasteiger partial charge < -0.3 is 0 Å². The second kappa shape index (κ2) is 6.04. The van der Waals surface area contributed by atoms with Gasteiger partial charge in [-0.05, 0) is 68.0 Å². The molecule has 2 heterocycles. The van der Waals surface area contributed by atoms with Crippen LogP contribution in [0.3, 0.4) is 0 Å². The van der Waals surface area contributed by atoms with Crippen LogP contribution < -0.4 is 0 Å². The van der Waals surface area contributed by atoms with E-state index in [4.69, 9.17) is 0 Å². The Hall–Kier alpha value is -2.22. The number of nitrogens with zero attached hydrogens (tertiary/aromatic N) is 2. The van der Waals surface area contributed by atoms with E-state index in [9.17, 15) is 0 Å². The summed E-state index contributed by atoms with van der Waals surface area (Å²) in [6, 6.07) is 12.3. The first kappa shape index (κ1) is 13.7. The van der Waals surface area contributed by atoms with E-state index in [1.165, 1.54) is 47.0 Å². The van der Waals surface area contributed by atoms with Crippen LogP contribution in [0.2, 0.25) is 0 Å². The van der Waals surface area contributed by atoms with Crippen molar-refractivity contribution in [3.8, 4) is 0 Å². The van der Waals surface area contributed by atoms with E-state index in [2.05, 4.69) is 35.9 Å². The third kappa shape index (κ3) is 2.94. The zero-order chi connectivity index (χ0) is 14.7. The molecule has 1 aliphatic carbocycles. The van der Waals surface area contributed by atoms with E-state index in [0.717, 1.165) is 5.52 Å². The van der Waals surface area contributed by atoms with Gasteiger partial charge in [0.25, 0.3) is 0 Å². The molecule has 1 aliphatic rings. The second-order valence-corrected chi connectivity index (χ2v) is 5.55. The van der Waals surface area contributed by atoms with Crippen molar-refractivity contribution in [3.05, 3.63) is 71.2 Å². The molecule has 0 radical (unpaired) electrons. The number of benzene rings is 1. The van der Waals surface area contributed by atoms with Gasteiger partial charge in [-0.25, -0.2) is 0 Å². The summed E-state index contributed by atoms with van der Waals surface area (Å²) in [7, 11) is 0. The number of pyridine rings is 2. The van der Waals surface area contributed by atoms with Crippen LogP contribution in [-0.4, -0.2) is 9.97 Å². The first-order valence-electron chi connectivity index (χ1n) is 7.49. The summed E-state index contributed by atoms with van der Waals surface area (Å²) in [5, 5.41) is 1.25. The van der Waals surface area contributed by atoms with Crippen LogP contribution in [0.5, 0.6) is 0 Å². The summed E-state index contributed by atoms with van der Waals surface area (Å²) in [4.78, 5) is 8.56. The molecule has 106 valence electrons. The summed E-state index contributed by atoms with van der Waals surface area (Å²) in [6.07, 6.45) is 7.50. The number of aryl methyl sites for hydroxylation is 3. The lowest BCUT2D eigenvalue weighted by atomic mass is 10.1. The van der Waals surface area contributed by atoms with Gasteiger partial charge in [0.2, 0.25) is 0 Å². The van der Waals surface area contributed by atoms with E-state index in [1.807, 2.05) is 36.7 Å². The molecule has 0 saturated heterocycles. The fourth-order valence-electron chi connectivity index (χ4n) is 2.87. The highest BCUT2D eigenvalue weighted by atomic mass is 14.7. The summed E-state index contributed by atoms with van der Waals surface area (Å²) in [5.41, 5.74) is 6.62. The quantitative estimate of drug-likeness (QED) is 0.607. The lowest BCUT2D eigenvalue weighted by molar-refractivity contribution is 0.898. The Morgan fingerprint density at radius 3 is 2.38 bits per heavy atom. The zero-order valence-electron chi connectivity index (χ0n) is 12.6. The maximum absolute atomic E-state index is 4.32. The Kier molecular flexibility index (Phi) is 3.96. The predicted octanol–water partition coefficient (Wildman–Crippen LogP) is 4.42. The summed E-state index contributed by atoms with van der Waals surface area (Å²) >= 11 is 0. The van der Waals surface area contributed by atoms with Crippen molar-refractivity contribution in [2.24, 2.45) is 0 Å². The van der Waals surface area contributed by atoms with Crippen molar-refractivity contribution in [3.63, 3.8) is 0 Å². The number of para-hydroxylation sites is 1. The Labute approximate surface area is 125 Å². The summed E-state index contributed by atoms with van der Waals surface area (Å²) in [6.45, 7) is 4.27. The zero-order valence-corrected chi connectivity index (χ0v) is 12.6. The standard InChI is InChI=1S/C10H9N.C9H11N/c1-8-6-7-11-10-5-3-2-4-9(8)10;1-7-5-6-10-9-4-2-3-8(7)9/h2-7H,1H3;5-6H,2-4H2,1H3. The molecule has 2 aromatic heterocycles. The maximum Gasteiger partial charge on any atom is 0.0704 e. The molecule has 1 aromatic carbocycles. The fraction of sp³-hybridized carbons (Fsp3) is 0.263. The van der Waals surface area contributed by atoms with Crippen molar-refractivity contribution in [2.45, 2.75) is 33.1 Å². The van der Waals surface area contributed by atoms with Crippen LogP contribution >= 0.6 is 0 Å². The van der Waals surface area contributed by atoms with Crippen molar-refractivity contribution in [2.75, 3.05) is 0 Å². The van der Waals surface area contributed by atoms with Crippen LogP contribution in [0.15, 0.2) is 48.8 Å². The molecule has 0 bridgehead atoms. The first-order valence-corrected chi connectivity index (χ1v) is 7.49. The number of fused-ring (bicyclic) bond motifs is 2. The Balaban J connectivity index is 0.000000126. The largest absolute Gasteiger partial charge is 0.261 e.